The lowest BCUT2D eigenvalue weighted by molar-refractivity contribution is -0.122. The molecule has 1 aromatic rings. The normalized spacial score (nSPS) is 12.2. The summed E-state index contributed by atoms with van der Waals surface area (Å²) in [4.78, 5) is 10.9. The van der Waals surface area contributed by atoms with Gasteiger partial charge in [0, 0.05) is 5.02 Å². The Balaban J connectivity index is 2.69. The van der Waals surface area contributed by atoms with Crippen molar-refractivity contribution in [3.8, 4) is 5.75 Å². The van der Waals surface area contributed by atoms with Crippen molar-refractivity contribution in [2.75, 3.05) is 0 Å². The first-order valence-corrected chi connectivity index (χ1v) is 4.40. The predicted molar refractivity (Wildman–Crippen MR) is 52.2 cm³/mol. The van der Waals surface area contributed by atoms with Crippen molar-refractivity contribution < 1.29 is 9.53 Å². The van der Waals surface area contributed by atoms with Gasteiger partial charge < -0.3 is 4.74 Å². The molecule has 0 fully saturated rings. The summed E-state index contributed by atoms with van der Waals surface area (Å²) in [5.74, 6) is 0.621. The number of hydrogen-bond donors (Lipinski definition) is 0. The number of ether oxygens (including phenoxy) is 1. The van der Waals surface area contributed by atoms with Crippen LogP contribution in [0.5, 0.6) is 5.75 Å². The summed E-state index contributed by atoms with van der Waals surface area (Å²) in [6, 6.07) is 6.99. The summed E-state index contributed by atoms with van der Waals surface area (Å²) < 4.78 is 5.32. The topological polar surface area (TPSA) is 26.3 Å². The first-order valence-electron chi connectivity index (χ1n) is 4.02. The fourth-order valence-electron chi connectivity index (χ4n) is 0.827. The minimum Gasteiger partial charge on any atom is -0.483 e. The van der Waals surface area contributed by atoms with Crippen LogP contribution in [0.4, 0.5) is 0 Å². The molecule has 0 aliphatic rings. The van der Waals surface area contributed by atoms with E-state index < -0.39 is 6.10 Å². The van der Waals surface area contributed by atoms with Gasteiger partial charge in [0.2, 0.25) is 0 Å². The number of halogens is 1. The zero-order valence-corrected chi connectivity index (χ0v) is 8.34. The van der Waals surface area contributed by atoms with E-state index in [0.29, 0.717) is 10.8 Å². The molecule has 0 aliphatic heterocycles. The monoisotopic (exact) mass is 198 g/mol. The highest BCUT2D eigenvalue weighted by Crippen LogP contribution is 2.18. The van der Waals surface area contributed by atoms with E-state index in [-0.39, 0.29) is 5.78 Å². The summed E-state index contributed by atoms with van der Waals surface area (Å²) >= 11 is 5.74. The molecule has 13 heavy (non-hydrogen) atoms. The number of carbonyl (C=O) groups is 1. The van der Waals surface area contributed by atoms with Crippen LogP contribution in [-0.2, 0) is 4.79 Å². The number of ketones is 1. The van der Waals surface area contributed by atoms with Gasteiger partial charge in [0.25, 0.3) is 0 Å². The molecule has 1 rings (SSSR count). The zero-order chi connectivity index (χ0) is 9.84. The molecule has 0 radical (unpaired) electrons. The van der Waals surface area contributed by atoms with Crippen LogP contribution in [0.25, 0.3) is 0 Å². The Morgan fingerprint density at radius 2 is 2.23 bits per heavy atom. The van der Waals surface area contributed by atoms with E-state index in [4.69, 9.17) is 16.3 Å². The van der Waals surface area contributed by atoms with Crippen molar-refractivity contribution in [3.05, 3.63) is 29.3 Å². The van der Waals surface area contributed by atoms with Crippen molar-refractivity contribution in [2.24, 2.45) is 0 Å². The smallest absolute Gasteiger partial charge is 0.169 e. The number of Topliss-reactive ketones (excluding diaryl/α,β-unsaturated/α-hetero) is 1. The van der Waals surface area contributed by atoms with Gasteiger partial charge in [-0.25, -0.2) is 0 Å². The third kappa shape index (κ3) is 3.07. The van der Waals surface area contributed by atoms with Crippen molar-refractivity contribution in [1.82, 2.24) is 0 Å². The highest BCUT2D eigenvalue weighted by molar-refractivity contribution is 6.30. The predicted octanol–water partition coefficient (Wildman–Crippen LogP) is 2.70. The van der Waals surface area contributed by atoms with E-state index in [0.717, 1.165) is 0 Å². The Bertz CT molecular complexity index is 310. The molecule has 0 spiro atoms. The van der Waals surface area contributed by atoms with Gasteiger partial charge in [0.1, 0.15) is 5.75 Å². The molecule has 0 aromatic heterocycles. The van der Waals surface area contributed by atoms with E-state index in [1.807, 2.05) is 0 Å². The second kappa shape index (κ2) is 4.28. The molecule has 3 heteroatoms. The van der Waals surface area contributed by atoms with Crippen LogP contribution in [0.3, 0.4) is 0 Å². The van der Waals surface area contributed by atoms with E-state index >= 15 is 0 Å². The Labute approximate surface area is 82.5 Å². The van der Waals surface area contributed by atoms with E-state index in [1.165, 1.54) is 6.92 Å². The number of rotatable bonds is 3. The van der Waals surface area contributed by atoms with E-state index in [9.17, 15) is 4.79 Å². The lowest BCUT2D eigenvalue weighted by atomic mass is 10.3. The van der Waals surface area contributed by atoms with Gasteiger partial charge in [-0.2, -0.15) is 0 Å². The highest BCUT2D eigenvalue weighted by Gasteiger charge is 2.08. The van der Waals surface area contributed by atoms with Crippen LogP contribution in [0.1, 0.15) is 13.8 Å². The molecule has 0 N–H and O–H groups in total. The lowest BCUT2D eigenvalue weighted by Crippen LogP contribution is -2.20. The van der Waals surface area contributed by atoms with Gasteiger partial charge in [-0.3, -0.25) is 4.79 Å². The summed E-state index contributed by atoms with van der Waals surface area (Å²) in [5, 5.41) is 0.605. The van der Waals surface area contributed by atoms with Gasteiger partial charge in [-0.15, -0.1) is 0 Å². The maximum absolute atomic E-state index is 10.9. The van der Waals surface area contributed by atoms with Gasteiger partial charge in [0.15, 0.2) is 11.9 Å². The minimum absolute atomic E-state index is 0.0000227. The number of hydrogen-bond acceptors (Lipinski definition) is 2. The molecule has 0 saturated heterocycles. The fourth-order valence-corrected chi connectivity index (χ4v) is 1.01. The van der Waals surface area contributed by atoms with Crippen molar-refractivity contribution in [1.29, 1.82) is 0 Å². The van der Waals surface area contributed by atoms with Crippen molar-refractivity contribution in [3.63, 3.8) is 0 Å². The quantitative estimate of drug-likeness (QED) is 0.747. The molecule has 0 bridgehead atoms. The van der Waals surface area contributed by atoms with Gasteiger partial charge >= 0.3 is 0 Å². The van der Waals surface area contributed by atoms with Crippen LogP contribution in [-0.4, -0.2) is 11.9 Å². The third-order valence-corrected chi connectivity index (χ3v) is 1.92. The molecule has 1 atom stereocenters. The maximum atomic E-state index is 10.9. The Kier molecular flexibility index (Phi) is 3.32. The highest BCUT2D eigenvalue weighted by atomic mass is 35.5. The average molecular weight is 199 g/mol. The molecule has 0 heterocycles. The summed E-state index contributed by atoms with van der Waals surface area (Å²) in [5.41, 5.74) is 0. The van der Waals surface area contributed by atoms with Crippen LogP contribution < -0.4 is 4.74 Å². The molecular formula is C10H11ClO2. The van der Waals surface area contributed by atoms with E-state index in [2.05, 4.69) is 0 Å². The van der Waals surface area contributed by atoms with Crippen LogP contribution in [0, 0.1) is 0 Å². The SMILES string of the molecule is CC(=O)[C@@H](C)Oc1cccc(Cl)c1. The molecule has 0 aliphatic carbocycles. The van der Waals surface area contributed by atoms with Crippen LogP contribution in [0.2, 0.25) is 5.02 Å². The minimum atomic E-state index is -0.418. The van der Waals surface area contributed by atoms with E-state index in [1.54, 1.807) is 31.2 Å². The first kappa shape index (κ1) is 10.1. The Hall–Kier alpha value is -1.02. The summed E-state index contributed by atoms with van der Waals surface area (Å²) in [6.45, 7) is 3.21. The van der Waals surface area contributed by atoms with Crippen LogP contribution in [0.15, 0.2) is 24.3 Å². The standard InChI is InChI=1S/C10H11ClO2/c1-7(12)8(2)13-10-5-3-4-9(11)6-10/h3-6,8H,1-2H3/t8-/m1/s1. The molecule has 2 nitrogen and oxygen atoms in total. The maximum Gasteiger partial charge on any atom is 0.169 e. The molecular weight excluding hydrogens is 188 g/mol. The van der Waals surface area contributed by atoms with Gasteiger partial charge in [-0.05, 0) is 32.0 Å². The molecule has 0 saturated carbocycles. The van der Waals surface area contributed by atoms with Crippen molar-refractivity contribution >= 4 is 17.4 Å². The fraction of sp³-hybridized carbons (Fsp3) is 0.300. The summed E-state index contributed by atoms with van der Waals surface area (Å²) in [6.07, 6.45) is -0.418. The Morgan fingerprint density at radius 1 is 1.54 bits per heavy atom. The first-order chi connectivity index (χ1) is 6.09. The molecule has 0 unspecified atom stereocenters. The third-order valence-electron chi connectivity index (χ3n) is 1.68. The van der Waals surface area contributed by atoms with Crippen molar-refractivity contribution in [2.45, 2.75) is 20.0 Å². The second-order valence-corrected chi connectivity index (χ2v) is 3.26. The molecule has 1 aromatic carbocycles. The van der Waals surface area contributed by atoms with Gasteiger partial charge in [-0.1, -0.05) is 17.7 Å². The largest absolute Gasteiger partial charge is 0.483 e. The Morgan fingerprint density at radius 3 is 2.77 bits per heavy atom. The summed E-state index contributed by atoms with van der Waals surface area (Å²) in [7, 11) is 0. The average Bonchev–Trinajstić information content (AvgIpc) is 2.04. The zero-order valence-electron chi connectivity index (χ0n) is 7.58. The second-order valence-electron chi connectivity index (χ2n) is 2.83. The van der Waals surface area contributed by atoms with Gasteiger partial charge in [0.05, 0.1) is 0 Å². The molecule has 0 amide bonds. The molecule has 70 valence electrons. The number of carbonyl (C=O) groups excluding carboxylic acids is 1. The van der Waals surface area contributed by atoms with Crippen LogP contribution >= 0.6 is 11.6 Å². The number of benzene rings is 1. The lowest BCUT2D eigenvalue weighted by Gasteiger charge is -2.11.